The minimum atomic E-state index is -0.329. The van der Waals surface area contributed by atoms with Gasteiger partial charge in [0.15, 0.2) is 0 Å². The zero-order valence-corrected chi connectivity index (χ0v) is 15.0. The SMILES string of the molecule is CN(CCCN1C(=O)[C@@H]2Cc3ccccc3CN2C1=O)c1ccccc1. The van der Waals surface area contributed by atoms with Crippen molar-refractivity contribution in [3.63, 3.8) is 0 Å². The molecule has 1 fully saturated rings. The molecule has 134 valence electrons. The highest BCUT2D eigenvalue weighted by Gasteiger charge is 2.46. The van der Waals surface area contributed by atoms with Crippen LogP contribution >= 0.6 is 0 Å². The van der Waals surface area contributed by atoms with Crippen LogP contribution in [0.1, 0.15) is 17.5 Å². The first kappa shape index (κ1) is 16.6. The number of urea groups is 1. The fraction of sp³-hybridized carbons (Fsp3) is 0.333. The van der Waals surface area contributed by atoms with Crippen molar-refractivity contribution in [2.45, 2.75) is 25.4 Å². The number of para-hydroxylation sites is 1. The molecule has 26 heavy (non-hydrogen) atoms. The number of carbonyl (C=O) groups excluding carboxylic acids is 2. The second kappa shape index (κ2) is 6.83. The summed E-state index contributed by atoms with van der Waals surface area (Å²) in [6.07, 6.45) is 1.39. The van der Waals surface area contributed by atoms with Crippen LogP contribution in [-0.2, 0) is 17.8 Å². The van der Waals surface area contributed by atoms with E-state index in [0.29, 0.717) is 19.5 Å². The molecule has 1 saturated heterocycles. The molecular formula is C21H23N3O2. The van der Waals surface area contributed by atoms with Crippen LogP contribution in [0.25, 0.3) is 0 Å². The second-order valence-electron chi connectivity index (χ2n) is 7.00. The minimum absolute atomic E-state index is 0.0492. The van der Waals surface area contributed by atoms with Crippen molar-refractivity contribution in [2.75, 3.05) is 25.0 Å². The Hall–Kier alpha value is -2.82. The third-order valence-electron chi connectivity index (χ3n) is 5.35. The lowest BCUT2D eigenvalue weighted by Crippen LogP contribution is -2.39. The summed E-state index contributed by atoms with van der Waals surface area (Å²) in [6, 6.07) is 17.7. The molecule has 4 rings (SSSR count). The van der Waals surface area contributed by atoms with Gasteiger partial charge in [-0.25, -0.2) is 4.79 Å². The molecule has 0 unspecified atom stereocenters. The van der Waals surface area contributed by atoms with Crippen molar-refractivity contribution in [2.24, 2.45) is 0 Å². The van der Waals surface area contributed by atoms with Gasteiger partial charge >= 0.3 is 6.03 Å². The van der Waals surface area contributed by atoms with E-state index < -0.39 is 0 Å². The molecule has 0 aromatic heterocycles. The van der Waals surface area contributed by atoms with Gasteiger partial charge in [0.05, 0.1) is 0 Å². The van der Waals surface area contributed by atoms with Crippen molar-refractivity contribution in [3.05, 3.63) is 65.7 Å². The molecule has 1 atom stereocenters. The van der Waals surface area contributed by atoms with Crippen LogP contribution in [0.3, 0.4) is 0 Å². The van der Waals surface area contributed by atoms with E-state index in [9.17, 15) is 9.59 Å². The number of amides is 3. The number of imide groups is 1. The third kappa shape index (κ3) is 2.94. The number of nitrogens with zero attached hydrogens (tertiary/aromatic N) is 3. The van der Waals surface area contributed by atoms with Gasteiger partial charge in [-0.3, -0.25) is 9.69 Å². The summed E-state index contributed by atoms with van der Waals surface area (Å²) in [5.74, 6) is -0.0492. The molecular weight excluding hydrogens is 326 g/mol. The number of benzene rings is 2. The maximum absolute atomic E-state index is 12.8. The Labute approximate surface area is 153 Å². The number of hydrogen-bond donors (Lipinski definition) is 0. The normalized spacial score (nSPS) is 18.7. The molecule has 2 aliphatic rings. The fourth-order valence-corrected chi connectivity index (χ4v) is 3.86. The van der Waals surface area contributed by atoms with Gasteiger partial charge in [-0.1, -0.05) is 42.5 Å². The second-order valence-corrected chi connectivity index (χ2v) is 7.00. The Kier molecular flexibility index (Phi) is 4.37. The average Bonchev–Trinajstić information content (AvgIpc) is 2.91. The lowest BCUT2D eigenvalue weighted by molar-refractivity contribution is -0.128. The van der Waals surface area contributed by atoms with Crippen molar-refractivity contribution in [1.82, 2.24) is 9.80 Å². The van der Waals surface area contributed by atoms with Gasteiger partial charge in [-0.05, 0) is 29.7 Å². The Bertz CT molecular complexity index is 778. The molecule has 2 aliphatic heterocycles. The smallest absolute Gasteiger partial charge is 0.327 e. The van der Waals surface area contributed by atoms with E-state index in [1.54, 1.807) is 4.90 Å². The standard InChI is InChI=1S/C21H23N3O2/c1-22(18-10-3-2-4-11-18)12-7-13-23-20(25)19-14-16-8-5-6-9-17(16)15-24(19)21(23)26/h2-6,8-11,19H,7,12-15H2,1H3/t19-/m0/s1. The zero-order valence-electron chi connectivity index (χ0n) is 15.0. The van der Waals surface area contributed by atoms with Crippen molar-refractivity contribution >= 4 is 17.6 Å². The number of anilines is 1. The Morgan fingerprint density at radius 1 is 1.00 bits per heavy atom. The molecule has 2 aromatic rings. The van der Waals surface area contributed by atoms with Gasteiger partial charge in [0, 0.05) is 38.8 Å². The van der Waals surface area contributed by atoms with Gasteiger partial charge in [0.25, 0.3) is 5.91 Å². The van der Waals surface area contributed by atoms with E-state index in [-0.39, 0.29) is 18.0 Å². The third-order valence-corrected chi connectivity index (χ3v) is 5.35. The molecule has 2 aromatic carbocycles. The summed E-state index contributed by atoms with van der Waals surface area (Å²) in [4.78, 5) is 30.8. The highest BCUT2D eigenvalue weighted by atomic mass is 16.2. The van der Waals surface area contributed by atoms with Crippen LogP contribution in [0.4, 0.5) is 10.5 Å². The summed E-state index contributed by atoms with van der Waals surface area (Å²) in [7, 11) is 2.03. The monoisotopic (exact) mass is 349 g/mol. The topological polar surface area (TPSA) is 43.9 Å². The first-order valence-corrected chi connectivity index (χ1v) is 9.10. The quantitative estimate of drug-likeness (QED) is 0.780. The molecule has 0 spiro atoms. The summed E-state index contributed by atoms with van der Waals surface area (Å²) < 4.78 is 0. The summed E-state index contributed by atoms with van der Waals surface area (Å²) >= 11 is 0. The lowest BCUT2D eigenvalue weighted by Gasteiger charge is -2.28. The largest absolute Gasteiger partial charge is 0.375 e. The molecule has 5 nitrogen and oxygen atoms in total. The lowest BCUT2D eigenvalue weighted by atomic mass is 9.95. The molecule has 5 heteroatoms. The average molecular weight is 349 g/mol. The maximum Gasteiger partial charge on any atom is 0.327 e. The van der Waals surface area contributed by atoms with Crippen LogP contribution in [0.5, 0.6) is 0 Å². The predicted octanol–water partition coefficient (Wildman–Crippen LogP) is 2.90. The van der Waals surface area contributed by atoms with Crippen molar-refractivity contribution < 1.29 is 9.59 Å². The first-order valence-electron chi connectivity index (χ1n) is 9.10. The van der Waals surface area contributed by atoms with Gasteiger partial charge in [0.2, 0.25) is 0 Å². The van der Waals surface area contributed by atoms with Gasteiger partial charge in [-0.2, -0.15) is 0 Å². The Morgan fingerprint density at radius 2 is 1.69 bits per heavy atom. The number of fused-ring (bicyclic) bond motifs is 2. The van der Waals surface area contributed by atoms with Crippen LogP contribution in [0.2, 0.25) is 0 Å². The van der Waals surface area contributed by atoms with Crippen LogP contribution < -0.4 is 4.90 Å². The van der Waals surface area contributed by atoms with Gasteiger partial charge in [0.1, 0.15) is 6.04 Å². The van der Waals surface area contributed by atoms with Crippen LogP contribution in [-0.4, -0.2) is 47.9 Å². The molecule has 0 bridgehead atoms. The highest BCUT2D eigenvalue weighted by molar-refractivity contribution is 6.04. The number of hydrogen-bond acceptors (Lipinski definition) is 3. The van der Waals surface area contributed by atoms with E-state index >= 15 is 0 Å². The molecule has 3 amide bonds. The van der Waals surface area contributed by atoms with Crippen molar-refractivity contribution in [3.8, 4) is 0 Å². The molecule has 0 radical (unpaired) electrons. The Balaban J connectivity index is 1.38. The molecule has 0 N–H and O–H groups in total. The highest BCUT2D eigenvalue weighted by Crippen LogP contribution is 2.30. The van der Waals surface area contributed by atoms with Gasteiger partial charge < -0.3 is 9.80 Å². The van der Waals surface area contributed by atoms with Crippen molar-refractivity contribution in [1.29, 1.82) is 0 Å². The van der Waals surface area contributed by atoms with E-state index in [0.717, 1.165) is 24.2 Å². The fourth-order valence-electron chi connectivity index (χ4n) is 3.86. The van der Waals surface area contributed by atoms with Crippen LogP contribution in [0.15, 0.2) is 54.6 Å². The summed E-state index contributed by atoms with van der Waals surface area (Å²) in [5.41, 5.74) is 3.47. The number of rotatable bonds is 5. The van der Waals surface area contributed by atoms with Gasteiger partial charge in [-0.15, -0.1) is 0 Å². The first-order chi connectivity index (χ1) is 12.6. The molecule has 2 heterocycles. The predicted molar refractivity (Wildman–Crippen MR) is 101 cm³/mol. The Morgan fingerprint density at radius 3 is 2.46 bits per heavy atom. The molecule has 0 saturated carbocycles. The summed E-state index contributed by atoms with van der Waals surface area (Å²) in [6.45, 7) is 1.80. The minimum Gasteiger partial charge on any atom is -0.375 e. The van der Waals surface area contributed by atoms with E-state index in [4.69, 9.17) is 0 Å². The van der Waals surface area contributed by atoms with E-state index in [1.165, 1.54) is 10.5 Å². The van der Waals surface area contributed by atoms with E-state index in [2.05, 4.69) is 23.1 Å². The van der Waals surface area contributed by atoms with Crippen LogP contribution in [0, 0.1) is 0 Å². The molecule has 0 aliphatic carbocycles. The maximum atomic E-state index is 12.8. The number of carbonyl (C=O) groups is 2. The summed E-state index contributed by atoms with van der Waals surface area (Å²) in [5, 5.41) is 0. The van der Waals surface area contributed by atoms with E-state index in [1.807, 2.05) is 43.4 Å². The zero-order chi connectivity index (χ0) is 18.1.